The van der Waals surface area contributed by atoms with Crippen molar-refractivity contribution < 1.29 is 22.6 Å². The van der Waals surface area contributed by atoms with Crippen LogP contribution in [0.2, 0.25) is 0 Å². The summed E-state index contributed by atoms with van der Waals surface area (Å²) in [6.45, 7) is -0.383. The number of ether oxygens (including phenoxy) is 2. The molecule has 2 rings (SSSR count). The van der Waals surface area contributed by atoms with Gasteiger partial charge in [0.25, 0.3) is 0 Å². The van der Waals surface area contributed by atoms with Gasteiger partial charge in [-0.15, -0.1) is 0 Å². The minimum absolute atomic E-state index is 0.164. The van der Waals surface area contributed by atoms with E-state index in [1.807, 2.05) is 6.92 Å². The van der Waals surface area contributed by atoms with Crippen molar-refractivity contribution in [3.05, 3.63) is 24.0 Å². The van der Waals surface area contributed by atoms with Crippen LogP contribution in [0.3, 0.4) is 0 Å². The average molecular weight is 275 g/mol. The molecule has 0 bridgehead atoms. The van der Waals surface area contributed by atoms with Gasteiger partial charge in [0.15, 0.2) is 11.6 Å². The quantitative estimate of drug-likeness (QED) is 0.913. The third-order valence-corrected chi connectivity index (χ3v) is 3.00. The molecule has 2 unspecified atom stereocenters. The molecule has 1 aromatic rings. The molecule has 106 valence electrons. The lowest BCUT2D eigenvalue weighted by molar-refractivity contribution is -0.0521. The summed E-state index contributed by atoms with van der Waals surface area (Å²) >= 11 is 0. The van der Waals surface area contributed by atoms with E-state index in [0.29, 0.717) is 12.3 Å². The molecule has 0 amide bonds. The van der Waals surface area contributed by atoms with E-state index in [-0.39, 0.29) is 12.1 Å². The minimum Gasteiger partial charge on any atom is -0.432 e. The number of benzene rings is 1. The summed E-state index contributed by atoms with van der Waals surface area (Å²) in [7, 11) is 0. The van der Waals surface area contributed by atoms with Gasteiger partial charge in [-0.25, -0.2) is 4.39 Å². The predicted molar refractivity (Wildman–Crippen MR) is 65.1 cm³/mol. The van der Waals surface area contributed by atoms with E-state index in [2.05, 4.69) is 10.1 Å². The molecule has 0 saturated carbocycles. The first kappa shape index (κ1) is 14.0. The lowest BCUT2D eigenvalue weighted by Crippen LogP contribution is -2.32. The maximum atomic E-state index is 13.5. The number of hydrogen-bond donors (Lipinski definition) is 1. The molecule has 1 aliphatic heterocycles. The molecule has 0 radical (unpaired) electrons. The lowest BCUT2D eigenvalue weighted by Gasteiger charge is -2.28. The van der Waals surface area contributed by atoms with Crippen molar-refractivity contribution in [2.24, 2.45) is 0 Å². The minimum atomic E-state index is -3.02. The Morgan fingerprint density at radius 2 is 2.21 bits per heavy atom. The van der Waals surface area contributed by atoms with Crippen molar-refractivity contribution >= 4 is 5.69 Å². The summed E-state index contributed by atoms with van der Waals surface area (Å²) in [4.78, 5) is 0. The molecule has 1 aliphatic rings. The van der Waals surface area contributed by atoms with E-state index in [9.17, 15) is 13.2 Å². The van der Waals surface area contributed by atoms with Gasteiger partial charge in [0.1, 0.15) is 0 Å². The van der Waals surface area contributed by atoms with Gasteiger partial charge in [-0.3, -0.25) is 0 Å². The summed E-state index contributed by atoms with van der Waals surface area (Å²) in [5, 5.41) is 3.17. The number of rotatable bonds is 4. The Balaban J connectivity index is 1.99. The van der Waals surface area contributed by atoms with Crippen LogP contribution in [0.25, 0.3) is 0 Å². The highest BCUT2D eigenvalue weighted by atomic mass is 19.3. The standard InChI is InChI=1S/C13H16F3NO2/c1-8-6-10(4-5-18-8)17-9-2-3-12(11(14)7-9)19-13(15)16/h2-3,7-8,10,13,17H,4-6H2,1H3. The summed E-state index contributed by atoms with van der Waals surface area (Å²) in [5.74, 6) is -1.24. The molecule has 1 saturated heterocycles. The van der Waals surface area contributed by atoms with Crippen LogP contribution >= 0.6 is 0 Å². The van der Waals surface area contributed by atoms with Crippen molar-refractivity contribution in [1.29, 1.82) is 0 Å². The first-order valence-electron chi connectivity index (χ1n) is 6.17. The highest BCUT2D eigenvalue weighted by Crippen LogP contribution is 2.25. The summed E-state index contributed by atoms with van der Waals surface area (Å²) in [6, 6.07) is 4.09. The number of halogens is 3. The molecular formula is C13H16F3NO2. The van der Waals surface area contributed by atoms with Crippen molar-refractivity contribution in [2.45, 2.75) is 38.5 Å². The predicted octanol–water partition coefficient (Wildman–Crippen LogP) is 3.41. The topological polar surface area (TPSA) is 30.5 Å². The van der Waals surface area contributed by atoms with Crippen LogP contribution in [0.5, 0.6) is 5.75 Å². The molecule has 0 spiro atoms. The normalized spacial score (nSPS) is 23.4. The molecule has 1 fully saturated rings. The van der Waals surface area contributed by atoms with Crippen LogP contribution in [0.4, 0.5) is 18.9 Å². The average Bonchev–Trinajstić information content (AvgIpc) is 2.32. The summed E-state index contributed by atoms with van der Waals surface area (Å²) < 4.78 is 47.0. The fraction of sp³-hybridized carbons (Fsp3) is 0.538. The van der Waals surface area contributed by atoms with Crippen LogP contribution in [-0.4, -0.2) is 25.4 Å². The smallest absolute Gasteiger partial charge is 0.387 e. The molecule has 0 aromatic heterocycles. The lowest BCUT2D eigenvalue weighted by atomic mass is 10.0. The molecule has 1 N–H and O–H groups in total. The Bertz CT molecular complexity index is 428. The monoisotopic (exact) mass is 275 g/mol. The molecule has 19 heavy (non-hydrogen) atoms. The molecule has 3 nitrogen and oxygen atoms in total. The first-order chi connectivity index (χ1) is 9.04. The maximum absolute atomic E-state index is 13.5. The van der Waals surface area contributed by atoms with Gasteiger partial charge in [0.05, 0.1) is 6.10 Å². The Labute approximate surface area is 109 Å². The molecule has 0 aliphatic carbocycles. The van der Waals surface area contributed by atoms with E-state index >= 15 is 0 Å². The van der Waals surface area contributed by atoms with Crippen LogP contribution in [0.1, 0.15) is 19.8 Å². The van der Waals surface area contributed by atoms with Crippen molar-refractivity contribution in [3.63, 3.8) is 0 Å². The third-order valence-electron chi connectivity index (χ3n) is 3.00. The van der Waals surface area contributed by atoms with Crippen molar-refractivity contribution in [1.82, 2.24) is 0 Å². The van der Waals surface area contributed by atoms with Crippen LogP contribution < -0.4 is 10.1 Å². The second-order valence-electron chi connectivity index (χ2n) is 4.57. The Kier molecular flexibility index (Phi) is 4.52. The van der Waals surface area contributed by atoms with E-state index in [1.54, 1.807) is 0 Å². The highest BCUT2D eigenvalue weighted by Gasteiger charge is 2.19. The van der Waals surface area contributed by atoms with Gasteiger partial charge in [-0.05, 0) is 31.9 Å². The Morgan fingerprint density at radius 3 is 2.84 bits per heavy atom. The summed E-state index contributed by atoms with van der Waals surface area (Å²) in [6.07, 6.45) is 1.83. The molecule has 1 aromatic carbocycles. The summed E-state index contributed by atoms with van der Waals surface area (Å²) in [5.41, 5.74) is 0.554. The Morgan fingerprint density at radius 1 is 1.42 bits per heavy atom. The van der Waals surface area contributed by atoms with Gasteiger partial charge in [0, 0.05) is 24.4 Å². The highest BCUT2D eigenvalue weighted by molar-refractivity contribution is 5.48. The maximum Gasteiger partial charge on any atom is 0.387 e. The number of alkyl halides is 2. The fourth-order valence-corrected chi connectivity index (χ4v) is 2.15. The van der Waals surface area contributed by atoms with E-state index < -0.39 is 18.2 Å². The van der Waals surface area contributed by atoms with E-state index in [4.69, 9.17) is 4.74 Å². The molecular weight excluding hydrogens is 259 g/mol. The van der Waals surface area contributed by atoms with Gasteiger partial charge in [-0.1, -0.05) is 0 Å². The van der Waals surface area contributed by atoms with Crippen LogP contribution in [-0.2, 0) is 4.74 Å². The van der Waals surface area contributed by atoms with Gasteiger partial charge >= 0.3 is 6.61 Å². The Hall–Kier alpha value is -1.43. The van der Waals surface area contributed by atoms with Gasteiger partial charge in [0.2, 0.25) is 0 Å². The van der Waals surface area contributed by atoms with E-state index in [0.717, 1.165) is 18.9 Å². The second kappa shape index (κ2) is 6.14. The van der Waals surface area contributed by atoms with E-state index in [1.165, 1.54) is 12.1 Å². The zero-order valence-corrected chi connectivity index (χ0v) is 10.5. The number of anilines is 1. The largest absolute Gasteiger partial charge is 0.432 e. The molecule has 1 heterocycles. The van der Waals surface area contributed by atoms with Crippen LogP contribution in [0, 0.1) is 5.82 Å². The zero-order chi connectivity index (χ0) is 13.8. The number of hydrogen-bond acceptors (Lipinski definition) is 3. The third kappa shape index (κ3) is 4.02. The second-order valence-corrected chi connectivity index (χ2v) is 4.57. The number of nitrogens with one attached hydrogen (secondary N) is 1. The van der Waals surface area contributed by atoms with Gasteiger partial charge in [-0.2, -0.15) is 8.78 Å². The van der Waals surface area contributed by atoms with Gasteiger partial charge < -0.3 is 14.8 Å². The molecule has 2 atom stereocenters. The fourth-order valence-electron chi connectivity index (χ4n) is 2.15. The SMILES string of the molecule is CC1CC(Nc2ccc(OC(F)F)c(F)c2)CCO1. The zero-order valence-electron chi connectivity index (χ0n) is 10.5. The van der Waals surface area contributed by atoms with Crippen molar-refractivity contribution in [2.75, 3.05) is 11.9 Å². The van der Waals surface area contributed by atoms with Crippen LogP contribution in [0.15, 0.2) is 18.2 Å². The van der Waals surface area contributed by atoms with Crippen molar-refractivity contribution in [3.8, 4) is 5.75 Å². The first-order valence-corrected chi connectivity index (χ1v) is 6.17. The molecule has 6 heteroatoms.